The molecule has 0 unspecified atom stereocenters. The van der Waals surface area contributed by atoms with Gasteiger partial charge in [-0.1, -0.05) is 36.4 Å². The van der Waals surface area contributed by atoms with Crippen molar-refractivity contribution in [2.24, 2.45) is 0 Å². The van der Waals surface area contributed by atoms with Crippen LogP contribution in [0.5, 0.6) is 0 Å². The molecule has 2 aromatic heterocycles. The first-order valence-electron chi connectivity index (χ1n) is 10.2. The van der Waals surface area contributed by atoms with E-state index in [2.05, 4.69) is 21.3 Å². The summed E-state index contributed by atoms with van der Waals surface area (Å²) in [7, 11) is 0. The first-order valence-corrected chi connectivity index (χ1v) is 11.1. The third kappa shape index (κ3) is 3.81. The molecule has 1 saturated heterocycles. The van der Waals surface area contributed by atoms with Crippen molar-refractivity contribution >= 4 is 29.1 Å². The molecule has 0 bridgehead atoms. The Kier molecular flexibility index (Phi) is 5.54. The maximum Gasteiger partial charge on any atom is 0.325 e. The van der Waals surface area contributed by atoms with Gasteiger partial charge in [-0.2, -0.15) is 0 Å². The third-order valence-corrected chi connectivity index (χ3v) is 6.90. The number of aryl methyl sites for hydroxylation is 2. The molecule has 6 nitrogen and oxygen atoms in total. The Balaban J connectivity index is 1.51. The quantitative estimate of drug-likeness (QED) is 0.449. The fourth-order valence-corrected chi connectivity index (χ4v) is 4.84. The Labute approximate surface area is 185 Å². The van der Waals surface area contributed by atoms with Gasteiger partial charge >= 0.3 is 6.03 Å². The van der Waals surface area contributed by atoms with Crippen LogP contribution in [-0.4, -0.2) is 33.7 Å². The van der Waals surface area contributed by atoms with Crippen LogP contribution in [0.4, 0.5) is 4.79 Å². The number of carbonyl (C=O) groups is 3. The monoisotopic (exact) mass is 435 g/mol. The van der Waals surface area contributed by atoms with Crippen LogP contribution in [0.2, 0.25) is 0 Å². The highest BCUT2D eigenvalue weighted by Gasteiger charge is 2.49. The molecule has 0 saturated carbocycles. The summed E-state index contributed by atoms with van der Waals surface area (Å²) in [6, 6.07) is 14.5. The van der Waals surface area contributed by atoms with Gasteiger partial charge in [0.05, 0.1) is 6.54 Å². The first kappa shape index (κ1) is 21.1. The number of carbonyl (C=O) groups excluding carboxylic acids is 3. The molecule has 3 amide bonds. The van der Waals surface area contributed by atoms with Crippen molar-refractivity contribution in [2.75, 3.05) is 6.54 Å². The van der Waals surface area contributed by atoms with Crippen LogP contribution < -0.4 is 5.32 Å². The molecule has 31 heavy (non-hydrogen) atoms. The summed E-state index contributed by atoms with van der Waals surface area (Å²) in [5, 5.41) is 4.81. The predicted molar refractivity (Wildman–Crippen MR) is 120 cm³/mol. The lowest BCUT2D eigenvalue weighted by molar-refractivity contribution is -0.130. The molecular weight excluding hydrogens is 410 g/mol. The minimum atomic E-state index is -1.17. The summed E-state index contributed by atoms with van der Waals surface area (Å²) in [5.41, 5.74) is 1.92. The molecule has 1 N–H and O–H groups in total. The smallest absolute Gasteiger partial charge is 0.325 e. The van der Waals surface area contributed by atoms with Crippen molar-refractivity contribution in [3.63, 3.8) is 0 Å². The van der Waals surface area contributed by atoms with E-state index in [4.69, 9.17) is 0 Å². The van der Waals surface area contributed by atoms with Crippen molar-refractivity contribution in [3.05, 3.63) is 81.3 Å². The zero-order chi connectivity index (χ0) is 22.2. The molecule has 160 valence electrons. The number of benzene rings is 1. The number of nitrogens with one attached hydrogen (secondary N) is 1. The number of Topliss-reactive ketones (excluding diaryl/α,β-unsaturated/α-hetero) is 1. The molecule has 3 heterocycles. The number of thiophene rings is 1. The lowest BCUT2D eigenvalue weighted by Gasteiger charge is -2.22. The van der Waals surface area contributed by atoms with Gasteiger partial charge in [0.1, 0.15) is 5.54 Å². The Morgan fingerprint density at radius 3 is 2.52 bits per heavy atom. The van der Waals surface area contributed by atoms with Gasteiger partial charge in [-0.25, -0.2) is 4.79 Å². The summed E-state index contributed by atoms with van der Waals surface area (Å²) < 4.78 is 2.12. The highest BCUT2D eigenvalue weighted by atomic mass is 32.1. The van der Waals surface area contributed by atoms with E-state index < -0.39 is 17.5 Å². The van der Waals surface area contributed by atoms with E-state index in [1.165, 1.54) is 4.88 Å². The highest BCUT2D eigenvalue weighted by molar-refractivity contribution is 7.09. The van der Waals surface area contributed by atoms with Gasteiger partial charge in [0.15, 0.2) is 5.78 Å². The van der Waals surface area contributed by atoms with Crippen molar-refractivity contribution in [1.82, 2.24) is 14.8 Å². The van der Waals surface area contributed by atoms with E-state index in [1.807, 2.05) is 44.2 Å². The minimum Gasteiger partial charge on any atom is -0.348 e. The molecule has 1 fully saturated rings. The maximum atomic E-state index is 13.1. The second-order valence-corrected chi connectivity index (χ2v) is 9.03. The molecule has 1 atom stereocenters. The summed E-state index contributed by atoms with van der Waals surface area (Å²) in [5.74, 6) is -0.653. The zero-order valence-electron chi connectivity index (χ0n) is 17.8. The summed E-state index contributed by atoms with van der Waals surface area (Å²) >= 11 is 1.72. The average Bonchev–Trinajstić information content (AvgIpc) is 3.43. The fourth-order valence-electron chi connectivity index (χ4n) is 4.14. The van der Waals surface area contributed by atoms with Gasteiger partial charge in [0.25, 0.3) is 5.91 Å². The van der Waals surface area contributed by atoms with E-state index in [-0.39, 0.29) is 12.3 Å². The second kappa shape index (κ2) is 8.15. The molecule has 0 aliphatic carbocycles. The Morgan fingerprint density at radius 1 is 1.10 bits per heavy atom. The molecule has 1 aromatic carbocycles. The molecule has 0 spiro atoms. The van der Waals surface area contributed by atoms with Crippen LogP contribution in [0.3, 0.4) is 0 Å². The number of rotatable bonds is 7. The van der Waals surface area contributed by atoms with Crippen LogP contribution in [0.1, 0.15) is 39.1 Å². The van der Waals surface area contributed by atoms with Gasteiger partial charge < -0.3 is 9.88 Å². The highest BCUT2D eigenvalue weighted by Crippen LogP contribution is 2.29. The average molecular weight is 436 g/mol. The molecule has 3 aromatic rings. The third-order valence-electron chi connectivity index (χ3n) is 5.96. The van der Waals surface area contributed by atoms with Crippen molar-refractivity contribution in [2.45, 2.75) is 39.3 Å². The first-order chi connectivity index (χ1) is 14.8. The molecule has 1 aliphatic rings. The Hall–Kier alpha value is -3.19. The van der Waals surface area contributed by atoms with E-state index >= 15 is 0 Å². The number of imide groups is 1. The minimum absolute atomic E-state index is 0.240. The summed E-state index contributed by atoms with van der Waals surface area (Å²) in [6.45, 7) is 6.06. The van der Waals surface area contributed by atoms with Crippen LogP contribution in [0.25, 0.3) is 0 Å². The fraction of sp³-hybridized carbons (Fsp3) is 0.292. The van der Waals surface area contributed by atoms with Crippen LogP contribution in [0.15, 0.2) is 53.9 Å². The predicted octanol–water partition coefficient (Wildman–Crippen LogP) is 4.06. The molecule has 4 rings (SSSR count). The largest absolute Gasteiger partial charge is 0.348 e. The van der Waals surface area contributed by atoms with Gasteiger partial charge in [-0.3, -0.25) is 14.5 Å². The lowest BCUT2D eigenvalue weighted by atomic mass is 9.92. The Morgan fingerprint density at radius 2 is 1.84 bits per heavy atom. The number of nitrogens with zero attached hydrogens (tertiary/aromatic N) is 2. The van der Waals surface area contributed by atoms with Crippen LogP contribution in [-0.2, 0) is 23.3 Å². The second-order valence-electron chi connectivity index (χ2n) is 8.00. The van der Waals surface area contributed by atoms with Crippen LogP contribution in [0, 0.1) is 13.8 Å². The maximum absolute atomic E-state index is 13.1. The SMILES string of the molecule is Cc1cc(C(=O)CN2C(=O)N[C@@](C)(c3ccccc3)C2=O)c(C)n1CCc1cccs1. The van der Waals surface area contributed by atoms with E-state index in [9.17, 15) is 14.4 Å². The number of hydrogen-bond donors (Lipinski definition) is 1. The molecular formula is C24H25N3O3S. The summed E-state index contributed by atoms with van der Waals surface area (Å²) in [4.78, 5) is 41.0. The van der Waals surface area contributed by atoms with Crippen molar-refractivity contribution in [3.8, 4) is 0 Å². The van der Waals surface area contributed by atoms with Gasteiger partial charge in [-0.15, -0.1) is 11.3 Å². The topological polar surface area (TPSA) is 71.4 Å². The standard InChI is InChI=1S/C24H25N3O3S/c1-16-14-20(17(2)26(16)12-11-19-10-7-13-31-19)21(28)15-27-22(29)24(3,25-23(27)30)18-8-5-4-6-9-18/h4-10,13-14H,11-12,15H2,1-3H3,(H,25,30)/t24-/m0/s1. The van der Waals surface area contributed by atoms with Crippen LogP contribution >= 0.6 is 11.3 Å². The zero-order valence-corrected chi connectivity index (χ0v) is 18.7. The molecule has 7 heteroatoms. The number of aromatic nitrogens is 1. The van der Waals surface area contributed by atoms with Crippen molar-refractivity contribution in [1.29, 1.82) is 0 Å². The van der Waals surface area contributed by atoms with Gasteiger partial charge in [0.2, 0.25) is 0 Å². The molecule has 1 aliphatic heterocycles. The van der Waals surface area contributed by atoms with E-state index in [1.54, 1.807) is 30.4 Å². The number of amides is 3. The normalized spacial score (nSPS) is 18.5. The van der Waals surface area contributed by atoms with E-state index in [0.717, 1.165) is 29.3 Å². The summed E-state index contributed by atoms with van der Waals surface area (Å²) in [6.07, 6.45) is 0.893. The molecule has 0 radical (unpaired) electrons. The van der Waals surface area contributed by atoms with Crippen molar-refractivity contribution < 1.29 is 14.4 Å². The van der Waals surface area contributed by atoms with E-state index in [0.29, 0.717) is 11.1 Å². The van der Waals surface area contributed by atoms with Gasteiger partial charge in [0, 0.05) is 28.4 Å². The number of hydrogen-bond acceptors (Lipinski definition) is 4. The number of urea groups is 1. The lowest BCUT2D eigenvalue weighted by Crippen LogP contribution is -2.41. The van der Waals surface area contributed by atoms with Gasteiger partial charge in [-0.05, 0) is 50.3 Å². The Bertz CT molecular complexity index is 1130. The number of ketones is 1.